The van der Waals surface area contributed by atoms with Crippen LogP contribution in [0.1, 0.15) is 36.6 Å². The second kappa shape index (κ2) is 12.6. The average molecular weight is 701 g/mol. The van der Waals surface area contributed by atoms with Crippen molar-refractivity contribution in [1.82, 2.24) is 4.57 Å². The standard InChI is InChI=1S/C31H26ClIN2O5S/c1-4-39-30(37)26-18(2)34-31-35(27(26)21-10-12-22(32)13-11-21)29(36)25(41-31)16-20-14-23(33)28(24(15-20)38-3)40-17-19-8-6-5-7-9-19/h5-16,27H,4,17H2,1-3H3/b25-16+. The van der Waals surface area contributed by atoms with E-state index in [9.17, 15) is 9.59 Å². The number of hydrogen-bond donors (Lipinski definition) is 0. The first-order valence-corrected chi connectivity index (χ1v) is 15.1. The van der Waals surface area contributed by atoms with Crippen LogP contribution < -0.4 is 24.4 Å². The summed E-state index contributed by atoms with van der Waals surface area (Å²) in [5.41, 5.74) is 3.12. The van der Waals surface area contributed by atoms with E-state index < -0.39 is 12.0 Å². The number of rotatable bonds is 8. The minimum Gasteiger partial charge on any atom is -0.493 e. The van der Waals surface area contributed by atoms with Gasteiger partial charge in [-0.25, -0.2) is 9.79 Å². The van der Waals surface area contributed by atoms with Gasteiger partial charge < -0.3 is 14.2 Å². The number of aromatic nitrogens is 1. The molecule has 0 saturated heterocycles. The maximum absolute atomic E-state index is 13.9. The fraction of sp³-hybridized carbons (Fsp3) is 0.194. The molecule has 7 nitrogen and oxygen atoms in total. The number of allylic oxidation sites excluding steroid dienone is 1. The summed E-state index contributed by atoms with van der Waals surface area (Å²) in [6.45, 7) is 4.11. The number of halogens is 2. The second-order valence-electron chi connectivity index (χ2n) is 9.16. The Morgan fingerprint density at radius 2 is 1.88 bits per heavy atom. The van der Waals surface area contributed by atoms with Gasteiger partial charge in [0.25, 0.3) is 5.56 Å². The predicted molar refractivity (Wildman–Crippen MR) is 168 cm³/mol. The van der Waals surface area contributed by atoms with Crippen molar-refractivity contribution in [2.45, 2.75) is 26.5 Å². The van der Waals surface area contributed by atoms with Crippen LogP contribution in [0.3, 0.4) is 0 Å². The Morgan fingerprint density at radius 3 is 2.56 bits per heavy atom. The first kappa shape index (κ1) is 29.1. The first-order valence-electron chi connectivity index (χ1n) is 12.8. The molecule has 5 rings (SSSR count). The summed E-state index contributed by atoms with van der Waals surface area (Å²) in [6.07, 6.45) is 1.80. The van der Waals surface area contributed by atoms with E-state index in [4.69, 9.17) is 25.8 Å². The lowest BCUT2D eigenvalue weighted by atomic mass is 9.96. The number of ether oxygens (including phenoxy) is 3. The molecule has 1 atom stereocenters. The molecule has 1 aliphatic heterocycles. The van der Waals surface area contributed by atoms with Gasteiger partial charge in [0.1, 0.15) is 6.61 Å². The van der Waals surface area contributed by atoms with E-state index >= 15 is 0 Å². The molecule has 41 heavy (non-hydrogen) atoms. The summed E-state index contributed by atoms with van der Waals surface area (Å²) in [5.74, 6) is 0.688. The number of benzene rings is 3. The smallest absolute Gasteiger partial charge is 0.338 e. The molecule has 0 amide bonds. The lowest BCUT2D eigenvalue weighted by Gasteiger charge is -2.24. The van der Waals surface area contributed by atoms with E-state index in [0.29, 0.717) is 43.7 Å². The molecule has 0 aliphatic carbocycles. The molecule has 1 aliphatic rings. The topological polar surface area (TPSA) is 79.1 Å². The number of methoxy groups -OCH3 is 1. The van der Waals surface area contributed by atoms with Gasteiger partial charge in [0.2, 0.25) is 0 Å². The number of hydrogen-bond acceptors (Lipinski definition) is 7. The molecule has 0 radical (unpaired) electrons. The molecule has 0 bridgehead atoms. The van der Waals surface area contributed by atoms with Crippen LogP contribution in [0.5, 0.6) is 11.5 Å². The number of carbonyl (C=O) groups excluding carboxylic acids is 1. The van der Waals surface area contributed by atoms with Gasteiger partial charge in [-0.05, 0) is 83.5 Å². The van der Waals surface area contributed by atoms with E-state index in [2.05, 4.69) is 27.6 Å². The van der Waals surface area contributed by atoms with Crippen molar-refractivity contribution < 1.29 is 19.0 Å². The quantitative estimate of drug-likeness (QED) is 0.176. The highest BCUT2D eigenvalue weighted by molar-refractivity contribution is 14.1. The summed E-state index contributed by atoms with van der Waals surface area (Å²) in [5, 5.41) is 0.555. The molecule has 10 heteroatoms. The predicted octanol–water partition coefficient (Wildman–Crippen LogP) is 5.64. The normalized spacial score (nSPS) is 14.9. The van der Waals surface area contributed by atoms with Crippen molar-refractivity contribution in [2.75, 3.05) is 13.7 Å². The molecule has 1 aromatic heterocycles. The van der Waals surface area contributed by atoms with Gasteiger partial charge in [0.05, 0.1) is 39.1 Å². The van der Waals surface area contributed by atoms with Crippen molar-refractivity contribution in [3.05, 3.63) is 123 Å². The van der Waals surface area contributed by atoms with Crippen molar-refractivity contribution >= 4 is 57.6 Å². The van der Waals surface area contributed by atoms with Crippen LogP contribution in [0.2, 0.25) is 5.02 Å². The number of carbonyl (C=O) groups is 1. The Bertz CT molecular complexity index is 1810. The molecular formula is C31H26ClIN2O5S. The molecular weight excluding hydrogens is 675 g/mol. The Hall–Kier alpha value is -3.41. The van der Waals surface area contributed by atoms with E-state index in [1.54, 1.807) is 43.7 Å². The van der Waals surface area contributed by atoms with Gasteiger partial charge in [-0.1, -0.05) is 65.4 Å². The summed E-state index contributed by atoms with van der Waals surface area (Å²) in [6, 6.07) is 20.1. The fourth-order valence-corrected chi connectivity index (χ4v) is 6.55. The van der Waals surface area contributed by atoms with Crippen LogP contribution in [-0.2, 0) is 16.1 Å². The van der Waals surface area contributed by atoms with Crippen molar-refractivity contribution in [2.24, 2.45) is 4.99 Å². The number of thiazole rings is 1. The maximum Gasteiger partial charge on any atom is 0.338 e. The average Bonchev–Trinajstić information content (AvgIpc) is 3.26. The molecule has 3 aromatic carbocycles. The molecule has 0 saturated carbocycles. The monoisotopic (exact) mass is 700 g/mol. The highest BCUT2D eigenvalue weighted by Gasteiger charge is 2.33. The summed E-state index contributed by atoms with van der Waals surface area (Å²) >= 11 is 9.61. The Morgan fingerprint density at radius 1 is 1.15 bits per heavy atom. The lowest BCUT2D eigenvalue weighted by molar-refractivity contribution is -0.139. The summed E-state index contributed by atoms with van der Waals surface area (Å²) in [7, 11) is 1.59. The zero-order valence-electron chi connectivity index (χ0n) is 22.5. The third-order valence-corrected chi connectivity index (χ3v) is 8.51. The minimum absolute atomic E-state index is 0.207. The number of esters is 1. The lowest BCUT2D eigenvalue weighted by Crippen LogP contribution is -2.39. The van der Waals surface area contributed by atoms with Crippen LogP contribution in [-0.4, -0.2) is 24.3 Å². The molecule has 4 aromatic rings. The first-order chi connectivity index (χ1) is 19.8. The van der Waals surface area contributed by atoms with E-state index in [1.165, 1.54) is 11.3 Å². The molecule has 0 spiro atoms. The van der Waals surface area contributed by atoms with Gasteiger partial charge in [0.15, 0.2) is 16.3 Å². The van der Waals surface area contributed by atoms with Crippen LogP contribution in [0.4, 0.5) is 0 Å². The molecule has 210 valence electrons. The Kier molecular flexibility index (Phi) is 8.96. The van der Waals surface area contributed by atoms with Gasteiger partial charge >= 0.3 is 5.97 Å². The van der Waals surface area contributed by atoms with Crippen LogP contribution in [0.25, 0.3) is 6.08 Å². The fourth-order valence-electron chi connectivity index (χ4n) is 4.60. The molecule has 0 fully saturated rings. The van der Waals surface area contributed by atoms with Crippen LogP contribution in [0, 0.1) is 3.57 Å². The third-order valence-electron chi connectivity index (χ3n) is 6.48. The Labute approximate surface area is 259 Å². The highest BCUT2D eigenvalue weighted by Crippen LogP contribution is 2.35. The van der Waals surface area contributed by atoms with Gasteiger partial charge in [-0.3, -0.25) is 9.36 Å². The number of fused-ring (bicyclic) bond motifs is 1. The van der Waals surface area contributed by atoms with E-state index in [0.717, 1.165) is 20.3 Å². The SMILES string of the molecule is CCOC(=O)C1=C(C)N=c2s/c(=C/c3cc(I)c(OCc4ccccc4)c(OC)c3)c(=O)n2C1c1ccc(Cl)cc1. The van der Waals surface area contributed by atoms with E-state index in [-0.39, 0.29) is 12.2 Å². The third kappa shape index (κ3) is 6.12. The van der Waals surface area contributed by atoms with E-state index in [1.807, 2.05) is 54.6 Å². The zero-order chi connectivity index (χ0) is 29.1. The minimum atomic E-state index is -0.701. The number of nitrogens with zero attached hydrogens (tertiary/aromatic N) is 2. The van der Waals surface area contributed by atoms with Gasteiger partial charge in [0, 0.05) is 5.02 Å². The van der Waals surface area contributed by atoms with Crippen LogP contribution >= 0.6 is 45.5 Å². The van der Waals surface area contributed by atoms with Crippen LogP contribution in [0.15, 0.2) is 87.8 Å². The maximum atomic E-state index is 13.9. The molecule has 1 unspecified atom stereocenters. The molecule has 0 N–H and O–H groups in total. The highest BCUT2D eigenvalue weighted by atomic mass is 127. The largest absolute Gasteiger partial charge is 0.493 e. The van der Waals surface area contributed by atoms with Crippen molar-refractivity contribution in [3.8, 4) is 11.5 Å². The Balaban J connectivity index is 1.58. The summed E-state index contributed by atoms with van der Waals surface area (Å²) < 4.78 is 20.0. The molecule has 2 heterocycles. The summed E-state index contributed by atoms with van der Waals surface area (Å²) in [4.78, 5) is 32.1. The zero-order valence-corrected chi connectivity index (χ0v) is 26.2. The van der Waals surface area contributed by atoms with Gasteiger partial charge in [-0.15, -0.1) is 0 Å². The van der Waals surface area contributed by atoms with Crippen molar-refractivity contribution in [1.29, 1.82) is 0 Å². The second-order valence-corrected chi connectivity index (χ2v) is 11.8. The van der Waals surface area contributed by atoms with Crippen molar-refractivity contribution in [3.63, 3.8) is 0 Å². The van der Waals surface area contributed by atoms with Gasteiger partial charge in [-0.2, -0.15) is 0 Å².